The van der Waals surface area contributed by atoms with Gasteiger partial charge in [-0.25, -0.2) is 4.79 Å². The number of hydrogen-bond acceptors (Lipinski definition) is 7. The molecule has 12 nitrogen and oxygen atoms in total. The SMILES string of the molecule is CC(=N)/C(=N\O)C(=O)N[C@H](C(=O)Nc1ccc2c(c1)CC(C(=O)Nc1ccccc1)(N1C[C@@H](C(C)C)NC1=O)C2)C(C1CC1)C1CC1. The predicted octanol–water partition coefficient (Wildman–Crippen LogP) is 3.94. The first kappa shape index (κ1) is 32.2. The van der Waals surface area contributed by atoms with Gasteiger partial charge in [-0.1, -0.05) is 43.3 Å². The Hall–Kier alpha value is -4.74. The third-order valence-electron chi connectivity index (χ3n) is 10.1. The van der Waals surface area contributed by atoms with E-state index in [0.717, 1.165) is 36.8 Å². The summed E-state index contributed by atoms with van der Waals surface area (Å²) >= 11 is 0. The normalized spacial score (nSPS) is 22.9. The molecule has 1 unspecified atom stereocenters. The monoisotopic (exact) mass is 641 g/mol. The number of fused-ring (bicyclic) bond motifs is 1. The zero-order valence-corrected chi connectivity index (χ0v) is 27.0. The highest BCUT2D eigenvalue weighted by Gasteiger charge is 2.54. The lowest BCUT2D eigenvalue weighted by molar-refractivity contribution is -0.125. The molecule has 0 radical (unpaired) electrons. The van der Waals surface area contributed by atoms with E-state index in [-0.39, 0.29) is 47.9 Å². The number of hydrogen-bond donors (Lipinski definition) is 6. The van der Waals surface area contributed by atoms with Gasteiger partial charge in [0.05, 0.1) is 11.8 Å². The maximum absolute atomic E-state index is 14.1. The number of benzene rings is 2. The quantitative estimate of drug-likeness (QED) is 0.117. The van der Waals surface area contributed by atoms with Crippen LogP contribution in [0.1, 0.15) is 57.6 Å². The molecule has 0 spiro atoms. The van der Waals surface area contributed by atoms with Gasteiger partial charge in [0, 0.05) is 30.8 Å². The number of carbonyl (C=O) groups excluding carboxylic acids is 4. The minimum atomic E-state index is -1.17. The predicted molar refractivity (Wildman–Crippen MR) is 178 cm³/mol. The van der Waals surface area contributed by atoms with E-state index in [1.54, 1.807) is 11.0 Å². The van der Waals surface area contributed by atoms with Crippen LogP contribution in [0.2, 0.25) is 0 Å². The zero-order chi connectivity index (χ0) is 33.5. The van der Waals surface area contributed by atoms with Gasteiger partial charge in [0.2, 0.25) is 5.91 Å². The second kappa shape index (κ2) is 12.8. The van der Waals surface area contributed by atoms with Crippen molar-refractivity contribution in [3.8, 4) is 0 Å². The maximum atomic E-state index is 14.1. The molecule has 1 heterocycles. The van der Waals surface area contributed by atoms with Gasteiger partial charge in [-0.2, -0.15) is 0 Å². The van der Waals surface area contributed by atoms with E-state index >= 15 is 0 Å². The summed E-state index contributed by atoms with van der Waals surface area (Å²) in [5.74, 6) is -0.651. The van der Waals surface area contributed by atoms with Crippen LogP contribution in [0.5, 0.6) is 0 Å². The van der Waals surface area contributed by atoms with Crippen molar-refractivity contribution in [2.75, 3.05) is 17.2 Å². The zero-order valence-electron chi connectivity index (χ0n) is 27.0. The highest BCUT2D eigenvalue weighted by molar-refractivity contribution is 6.65. The molecule has 3 fully saturated rings. The van der Waals surface area contributed by atoms with Gasteiger partial charge in [-0.3, -0.25) is 14.4 Å². The van der Waals surface area contributed by atoms with Crippen molar-refractivity contribution in [3.63, 3.8) is 0 Å². The highest BCUT2D eigenvalue weighted by atomic mass is 16.4. The summed E-state index contributed by atoms with van der Waals surface area (Å²) in [7, 11) is 0. The standard InChI is InChI=1S/C35H43N7O5/c1-19(2)27-18-42(34(46)39-27)35(33(45)38-25-7-5-4-6-8-25)16-23-13-14-26(15-24(23)17-35)37-32(44)30(28(21-9-10-21)22-11-12-22)40-31(43)29(41-47)20(3)36/h4-8,13-15,19,21-22,27-28,30,36,47H,9-12,16-18H2,1-3H3,(H,37,44)(H,38,45)(H,39,46)(H,40,43)/b36-20?,41-29+/t27-,30-,35?/m0/s1. The van der Waals surface area contributed by atoms with Crippen molar-refractivity contribution < 1.29 is 24.4 Å². The minimum Gasteiger partial charge on any atom is -0.410 e. The van der Waals surface area contributed by atoms with Gasteiger partial charge < -0.3 is 36.8 Å². The molecule has 2 aromatic rings. The van der Waals surface area contributed by atoms with Crippen molar-refractivity contribution in [2.45, 2.75) is 76.9 Å². The fourth-order valence-electron chi connectivity index (χ4n) is 7.23. The molecule has 47 heavy (non-hydrogen) atoms. The summed E-state index contributed by atoms with van der Waals surface area (Å²) in [4.78, 5) is 56.1. The Morgan fingerprint density at radius 3 is 2.21 bits per heavy atom. The topological polar surface area (TPSA) is 176 Å². The molecule has 0 aromatic heterocycles. The van der Waals surface area contributed by atoms with Crippen LogP contribution >= 0.6 is 0 Å². The molecule has 248 valence electrons. The van der Waals surface area contributed by atoms with Crippen molar-refractivity contribution in [1.29, 1.82) is 5.41 Å². The van der Waals surface area contributed by atoms with Crippen LogP contribution in [-0.2, 0) is 27.2 Å². The summed E-state index contributed by atoms with van der Waals surface area (Å²) < 4.78 is 0. The molecule has 4 aliphatic rings. The third-order valence-corrected chi connectivity index (χ3v) is 10.1. The van der Waals surface area contributed by atoms with E-state index < -0.39 is 23.2 Å². The molecular formula is C35H43N7O5. The Morgan fingerprint density at radius 2 is 1.64 bits per heavy atom. The smallest absolute Gasteiger partial charge is 0.318 e. The van der Waals surface area contributed by atoms with E-state index in [1.165, 1.54) is 6.92 Å². The van der Waals surface area contributed by atoms with Gasteiger partial charge in [0.1, 0.15) is 11.6 Å². The molecule has 1 aliphatic heterocycles. The lowest BCUT2D eigenvalue weighted by Crippen LogP contribution is -2.59. The van der Waals surface area contributed by atoms with Crippen LogP contribution < -0.4 is 21.3 Å². The molecule has 12 heteroatoms. The molecule has 6 rings (SSSR count). The fraction of sp³-hybridized carbons (Fsp3) is 0.486. The lowest BCUT2D eigenvalue weighted by Gasteiger charge is -2.36. The Bertz CT molecular complexity index is 1610. The summed E-state index contributed by atoms with van der Waals surface area (Å²) in [6.07, 6.45) is 4.53. The van der Waals surface area contributed by atoms with Crippen LogP contribution in [0.25, 0.3) is 0 Å². The van der Waals surface area contributed by atoms with Gasteiger partial charge in [0.25, 0.3) is 11.8 Å². The second-order valence-electron chi connectivity index (χ2n) is 13.9. The molecule has 2 aromatic carbocycles. The van der Waals surface area contributed by atoms with Gasteiger partial charge in [-0.15, -0.1) is 0 Å². The summed E-state index contributed by atoms with van der Waals surface area (Å²) in [5, 5.41) is 32.0. The van der Waals surface area contributed by atoms with Gasteiger partial charge >= 0.3 is 6.03 Å². The number of carbonyl (C=O) groups is 4. The molecule has 2 saturated carbocycles. The van der Waals surface area contributed by atoms with Crippen LogP contribution in [-0.4, -0.2) is 69.5 Å². The first-order chi connectivity index (χ1) is 22.5. The van der Waals surface area contributed by atoms with E-state index in [9.17, 15) is 24.4 Å². The maximum Gasteiger partial charge on any atom is 0.318 e. The van der Waals surface area contributed by atoms with Crippen LogP contribution in [0, 0.1) is 29.1 Å². The first-order valence-electron chi connectivity index (χ1n) is 16.5. The fourth-order valence-corrected chi connectivity index (χ4v) is 7.23. The van der Waals surface area contributed by atoms with Gasteiger partial charge in [0.15, 0.2) is 5.71 Å². The largest absolute Gasteiger partial charge is 0.410 e. The van der Waals surface area contributed by atoms with E-state index in [0.29, 0.717) is 36.2 Å². The van der Waals surface area contributed by atoms with Crippen LogP contribution in [0.3, 0.4) is 0 Å². The second-order valence-corrected chi connectivity index (χ2v) is 13.9. The third kappa shape index (κ3) is 6.59. The van der Waals surface area contributed by atoms with Crippen molar-refractivity contribution in [1.82, 2.24) is 15.5 Å². The molecular weight excluding hydrogens is 598 g/mol. The number of rotatable bonds is 12. The number of para-hydroxylation sites is 1. The molecule has 3 atom stereocenters. The van der Waals surface area contributed by atoms with E-state index in [4.69, 9.17) is 5.41 Å². The summed E-state index contributed by atoms with van der Waals surface area (Å²) in [5.41, 5.74) is 1.12. The number of anilines is 2. The molecule has 1 saturated heterocycles. The Balaban J connectivity index is 1.26. The van der Waals surface area contributed by atoms with Gasteiger partial charge in [-0.05, 0) is 91.7 Å². The van der Waals surface area contributed by atoms with Crippen LogP contribution in [0.4, 0.5) is 16.2 Å². The average Bonchev–Trinajstić information content (AvgIpc) is 3.97. The first-order valence-corrected chi connectivity index (χ1v) is 16.5. The number of amides is 5. The van der Waals surface area contributed by atoms with Crippen LogP contribution in [0.15, 0.2) is 53.7 Å². The lowest BCUT2D eigenvalue weighted by atomic mass is 9.88. The Labute approximate surface area is 274 Å². The molecule has 0 bridgehead atoms. The number of oxime groups is 1. The Kier molecular flexibility index (Phi) is 8.78. The number of urea groups is 1. The molecule has 3 aliphatic carbocycles. The van der Waals surface area contributed by atoms with E-state index in [1.807, 2.05) is 56.3 Å². The van der Waals surface area contributed by atoms with Crippen molar-refractivity contribution >= 4 is 46.6 Å². The molecule has 6 N–H and O–H groups in total. The number of nitrogens with one attached hydrogen (secondary N) is 5. The highest BCUT2D eigenvalue weighted by Crippen LogP contribution is 2.51. The number of nitrogens with zero attached hydrogens (tertiary/aromatic N) is 2. The summed E-state index contributed by atoms with van der Waals surface area (Å²) in [6.45, 7) is 5.83. The average molecular weight is 642 g/mol. The van der Waals surface area contributed by atoms with Crippen molar-refractivity contribution in [2.24, 2.45) is 28.8 Å². The van der Waals surface area contributed by atoms with E-state index in [2.05, 4.69) is 26.4 Å². The van der Waals surface area contributed by atoms with Crippen molar-refractivity contribution in [3.05, 3.63) is 59.7 Å². The summed E-state index contributed by atoms with van der Waals surface area (Å²) in [6, 6.07) is 13.5. The molecule has 5 amide bonds. The Morgan fingerprint density at radius 1 is 0.979 bits per heavy atom. The minimum absolute atomic E-state index is 0.0590.